The van der Waals surface area contributed by atoms with Crippen molar-refractivity contribution in [3.8, 4) is 0 Å². The number of rotatable bonds is 5. The number of hydrazine groups is 1. The topological polar surface area (TPSA) is 150 Å². The van der Waals surface area contributed by atoms with Crippen LogP contribution in [-0.2, 0) is 0 Å². The normalized spacial score (nSPS) is 10.1. The summed E-state index contributed by atoms with van der Waals surface area (Å²) in [7, 11) is 0. The standard InChI is InChI=1S/C10H8N6O4S/c11-14-10-12-5-7(16(19)20)9(13-10)21-8-4-2-1-3-6(8)15(17)18/h1-5H,11H2,(H,12,13,14). The molecule has 0 aliphatic carbocycles. The lowest BCUT2D eigenvalue weighted by molar-refractivity contribution is -0.388. The predicted molar refractivity (Wildman–Crippen MR) is 73.7 cm³/mol. The maximum Gasteiger partial charge on any atom is 0.320 e. The zero-order chi connectivity index (χ0) is 15.4. The number of nitrogens with zero attached hydrogens (tertiary/aromatic N) is 4. The Morgan fingerprint density at radius 2 is 1.81 bits per heavy atom. The van der Waals surface area contributed by atoms with Gasteiger partial charge in [-0.3, -0.25) is 25.7 Å². The molecule has 0 bridgehead atoms. The van der Waals surface area contributed by atoms with E-state index >= 15 is 0 Å². The van der Waals surface area contributed by atoms with Gasteiger partial charge in [0.05, 0.1) is 14.7 Å². The van der Waals surface area contributed by atoms with Crippen LogP contribution in [0.5, 0.6) is 0 Å². The third-order valence-electron chi connectivity index (χ3n) is 2.33. The van der Waals surface area contributed by atoms with Crippen molar-refractivity contribution < 1.29 is 9.85 Å². The SMILES string of the molecule is NNc1ncc([N+](=O)[O-])c(Sc2ccccc2[N+](=O)[O-])n1. The lowest BCUT2D eigenvalue weighted by Crippen LogP contribution is -2.11. The van der Waals surface area contributed by atoms with Gasteiger partial charge in [0.2, 0.25) is 5.95 Å². The molecule has 1 heterocycles. The first-order valence-electron chi connectivity index (χ1n) is 5.42. The van der Waals surface area contributed by atoms with Crippen molar-refractivity contribution in [2.45, 2.75) is 9.92 Å². The number of anilines is 1. The third kappa shape index (κ3) is 3.21. The number of nitrogens with one attached hydrogen (secondary N) is 1. The minimum atomic E-state index is -0.669. The smallest absolute Gasteiger partial charge is 0.292 e. The summed E-state index contributed by atoms with van der Waals surface area (Å²) >= 11 is 0.797. The Morgan fingerprint density at radius 1 is 1.14 bits per heavy atom. The first kappa shape index (κ1) is 14.6. The third-order valence-corrected chi connectivity index (χ3v) is 3.39. The molecule has 0 saturated carbocycles. The highest BCUT2D eigenvalue weighted by molar-refractivity contribution is 7.99. The molecule has 0 aliphatic rings. The van der Waals surface area contributed by atoms with E-state index < -0.39 is 9.85 Å². The summed E-state index contributed by atoms with van der Waals surface area (Å²) in [6.07, 6.45) is 0.985. The minimum absolute atomic E-state index is 0.0262. The van der Waals surface area contributed by atoms with Crippen LogP contribution in [0.2, 0.25) is 0 Å². The summed E-state index contributed by atoms with van der Waals surface area (Å²) in [5.41, 5.74) is 1.63. The Hall–Kier alpha value is -2.79. The zero-order valence-electron chi connectivity index (χ0n) is 10.3. The fourth-order valence-corrected chi connectivity index (χ4v) is 2.39. The quantitative estimate of drug-likeness (QED) is 0.364. The van der Waals surface area contributed by atoms with Gasteiger partial charge in [0.25, 0.3) is 5.69 Å². The molecular weight excluding hydrogens is 300 g/mol. The Balaban J connectivity index is 2.48. The molecule has 108 valence electrons. The molecular formula is C10H8N6O4S. The maximum absolute atomic E-state index is 11.0. The summed E-state index contributed by atoms with van der Waals surface area (Å²) in [6, 6.07) is 5.87. The van der Waals surface area contributed by atoms with Gasteiger partial charge >= 0.3 is 5.69 Å². The van der Waals surface area contributed by atoms with E-state index in [1.807, 2.05) is 0 Å². The Kier molecular flexibility index (Phi) is 4.25. The zero-order valence-corrected chi connectivity index (χ0v) is 11.1. The Bertz CT molecular complexity index is 710. The fourth-order valence-electron chi connectivity index (χ4n) is 1.43. The monoisotopic (exact) mass is 308 g/mol. The van der Waals surface area contributed by atoms with E-state index in [1.165, 1.54) is 18.2 Å². The van der Waals surface area contributed by atoms with Crippen LogP contribution in [0.25, 0.3) is 0 Å². The van der Waals surface area contributed by atoms with Gasteiger partial charge < -0.3 is 0 Å². The molecule has 1 aromatic heterocycles. The molecule has 11 heteroatoms. The van der Waals surface area contributed by atoms with E-state index in [-0.39, 0.29) is 27.2 Å². The van der Waals surface area contributed by atoms with Crippen LogP contribution in [0.4, 0.5) is 17.3 Å². The van der Waals surface area contributed by atoms with Gasteiger partial charge in [-0.25, -0.2) is 10.8 Å². The molecule has 0 amide bonds. The largest absolute Gasteiger partial charge is 0.320 e. The molecule has 0 unspecified atom stereocenters. The van der Waals surface area contributed by atoms with Crippen molar-refractivity contribution in [1.29, 1.82) is 0 Å². The maximum atomic E-state index is 11.0. The molecule has 3 N–H and O–H groups in total. The number of nitrogens with two attached hydrogens (primary N) is 1. The average molecular weight is 308 g/mol. The molecule has 0 atom stereocenters. The number of nitro benzene ring substituents is 1. The number of hydrogen-bond donors (Lipinski definition) is 2. The number of aromatic nitrogens is 2. The minimum Gasteiger partial charge on any atom is -0.292 e. The van der Waals surface area contributed by atoms with Crippen molar-refractivity contribution in [2.75, 3.05) is 5.43 Å². The first-order valence-corrected chi connectivity index (χ1v) is 6.24. The van der Waals surface area contributed by atoms with Crippen molar-refractivity contribution in [1.82, 2.24) is 9.97 Å². The first-order chi connectivity index (χ1) is 10.0. The lowest BCUT2D eigenvalue weighted by atomic mass is 10.3. The predicted octanol–water partition coefficient (Wildman–Crippen LogP) is 1.73. The Morgan fingerprint density at radius 3 is 2.43 bits per heavy atom. The Labute approximate surface area is 121 Å². The highest BCUT2D eigenvalue weighted by Crippen LogP contribution is 2.37. The van der Waals surface area contributed by atoms with Gasteiger partial charge in [-0.2, -0.15) is 4.98 Å². The summed E-state index contributed by atoms with van der Waals surface area (Å²) in [4.78, 5) is 28.4. The number of hydrogen-bond acceptors (Lipinski definition) is 9. The molecule has 0 radical (unpaired) electrons. The van der Waals surface area contributed by atoms with Gasteiger partial charge in [-0.15, -0.1) is 0 Å². The van der Waals surface area contributed by atoms with Crippen molar-refractivity contribution >= 4 is 29.1 Å². The van der Waals surface area contributed by atoms with E-state index in [1.54, 1.807) is 6.07 Å². The molecule has 0 spiro atoms. The van der Waals surface area contributed by atoms with E-state index in [9.17, 15) is 20.2 Å². The van der Waals surface area contributed by atoms with Gasteiger partial charge in [0, 0.05) is 6.07 Å². The molecule has 10 nitrogen and oxygen atoms in total. The molecule has 1 aromatic carbocycles. The molecule has 0 aliphatic heterocycles. The van der Waals surface area contributed by atoms with Crippen LogP contribution in [0.3, 0.4) is 0 Å². The van der Waals surface area contributed by atoms with Crippen molar-refractivity contribution in [3.63, 3.8) is 0 Å². The van der Waals surface area contributed by atoms with Crippen molar-refractivity contribution in [3.05, 3.63) is 50.7 Å². The van der Waals surface area contributed by atoms with Crippen LogP contribution in [0.15, 0.2) is 40.4 Å². The summed E-state index contributed by atoms with van der Waals surface area (Å²) < 4.78 is 0. The van der Waals surface area contributed by atoms with Crippen LogP contribution in [0, 0.1) is 20.2 Å². The highest BCUT2D eigenvalue weighted by atomic mass is 32.2. The van der Waals surface area contributed by atoms with E-state index in [2.05, 4.69) is 15.4 Å². The number of nitro groups is 2. The van der Waals surface area contributed by atoms with Gasteiger partial charge in [0.1, 0.15) is 6.20 Å². The van der Waals surface area contributed by atoms with E-state index in [0.717, 1.165) is 18.0 Å². The van der Waals surface area contributed by atoms with Crippen LogP contribution >= 0.6 is 11.8 Å². The number of nitrogen functional groups attached to an aromatic ring is 1. The van der Waals surface area contributed by atoms with Crippen LogP contribution < -0.4 is 11.3 Å². The number of para-hydroxylation sites is 1. The van der Waals surface area contributed by atoms with E-state index in [4.69, 9.17) is 5.84 Å². The summed E-state index contributed by atoms with van der Waals surface area (Å²) in [6.45, 7) is 0. The second-order valence-electron chi connectivity index (χ2n) is 3.61. The highest BCUT2D eigenvalue weighted by Gasteiger charge is 2.22. The van der Waals surface area contributed by atoms with Crippen LogP contribution in [0.1, 0.15) is 0 Å². The van der Waals surface area contributed by atoms with Crippen molar-refractivity contribution in [2.24, 2.45) is 5.84 Å². The lowest BCUT2D eigenvalue weighted by Gasteiger charge is -2.04. The molecule has 0 fully saturated rings. The molecule has 21 heavy (non-hydrogen) atoms. The van der Waals surface area contributed by atoms with E-state index in [0.29, 0.717) is 0 Å². The molecule has 2 rings (SSSR count). The summed E-state index contributed by atoms with van der Waals surface area (Å²) in [5, 5.41) is 21.9. The fraction of sp³-hybridized carbons (Fsp3) is 0. The molecule has 0 saturated heterocycles. The second kappa shape index (κ2) is 6.11. The van der Waals surface area contributed by atoms with Gasteiger partial charge in [-0.1, -0.05) is 23.9 Å². The average Bonchev–Trinajstić information content (AvgIpc) is 2.47. The van der Waals surface area contributed by atoms with Gasteiger partial charge in [-0.05, 0) is 6.07 Å². The summed E-state index contributed by atoms with van der Waals surface area (Å²) in [5.74, 6) is 5.13. The van der Waals surface area contributed by atoms with Crippen LogP contribution in [-0.4, -0.2) is 19.8 Å². The second-order valence-corrected chi connectivity index (χ2v) is 4.64. The molecule has 2 aromatic rings. The number of benzene rings is 1. The van der Waals surface area contributed by atoms with Gasteiger partial charge in [0.15, 0.2) is 5.03 Å².